The van der Waals surface area contributed by atoms with E-state index in [9.17, 15) is 14.9 Å². The molecule has 0 aromatic carbocycles. The van der Waals surface area contributed by atoms with Gasteiger partial charge in [-0.3, -0.25) is 9.78 Å². The van der Waals surface area contributed by atoms with E-state index in [4.69, 9.17) is 4.98 Å². The van der Waals surface area contributed by atoms with E-state index in [0.717, 1.165) is 5.56 Å². The van der Waals surface area contributed by atoms with Crippen molar-refractivity contribution in [1.29, 1.82) is 5.26 Å². The molecule has 0 saturated carbocycles. The molecule has 220 valence electrons. The van der Waals surface area contributed by atoms with Crippen LogP contribution in [-0.2, 0) is 17.6 Å². The topological polar surface area (TPSA) is 139 Å². The smallest absolute Gasteiger partial charge is 0.349 e. The van der Waals surface area contributed by atoms with Crippen molar-refractivity contribution in [3.05, 3.63) is 70.4 Å². The number of amides is 1. The summed E-state index contributed by atoms with van der Waals surface area (Å²) < 4.78 is 18.8. The fourth-order valence-electron chi connectivity index (χ4n) is 6.13. The van der Waals surface area contributed by atoms with Crippen molar-refractivity contribution < 1.29 is 9.18 Å². The van der Waals surface area contributed by atoms with Crippen molar-refractivity contribution in [2.45, 2.75) is 64.5 Å². The van der Waals surface area contributed by atoms with Crippen molar-refractivity contribution in [2.75, 3.05) is 18.0 Å². The van der Waals surface area contributed by atoms with Gasteiger partial charge in [-0.1, -0.05) is 25.6 Å². The van der Waals surface area contributed by atoms with E-state index in [1.165, 1.54) is 21.4 Å². The summed E-state index contributed by atoms with van der Waals surface area (Å²) in [6.45, 7) is 9.98. The van der Waals surface area contributed by atoms with Crippen molar-refractivity contribution in [3.63, 3.8) is 0 Å². The van der Waals surface area contributed by atoms with Crippen LogP contribution in [0.2, 0.25) is 0 Å². The van der Waals surface area contributed by atoms with Gasteiger partial charge in [0.1, 0.15) is 5.82 Å². The monoisotopic (exact) mass is 582 g/mol. The Morgan fingerprint density at radius 3 is 2.81 bits per heavy atom. The molecule has 2 bridgehead atoms. The van der Waals surface area contributed by atoms with Gasteiger partial charge in [0.15, 0.2) is 17.3 Å². The van der Waals surface area contributed by atoms with E-state index in [2.05, 4.69) is 32.9 Å². The number of rotatable bonds is 4. The van der Waals surface area contributed by atoms with E-state index in [1.54, 1.807) is 17.3 Å². The van der Waals surface area contributed by atoms with Crippen LogP contribution in [0.25, 0.3) is 22.5 Å². The SMILES string of the molecule is C=CC(=O)N1CC(C)N(c2nc(=O)n3c4nc(c(F)cc24)-n2nncc2CCCc2ccnc(C(C)C)c2-3)CC1CC#N. The molecule has 12 nitrogen and oxygen atoms in total. The molecule has 1 saturated heterocycles. The summed E-state index contributed by atoms with van der Waals surface area (Å²) in [5, 5.41) is 18.0. The lowest BCUT2D eigenvalue weighted by molar-refractivity contribution is -0.129. The Morgan fingerprint density at radius 2 is 2.07 bits per heavy atom. The highest BCUT2D eigenvalue weighted by Crippen LogP contribution is 2.34. The molecule has 13 heteroatoms. The predicted molar refractivity (Wildman–Crippen MR) is 157 cm³/mol. The second kappa shape index (κ2) is 11.0. The summed E-state index contributed by atoms with van der Waals surface area (Å²) >= 11 is 0. The number of hydrogen-bond donors (Lipinski definition) is 0. The molecular formula is C30H31FN10O2. The summed E-state index contributed by atoms with van der Waals surface area (Å²) in [4.78, 5) is 44.2. The summed E-state index contributed by atoms with van der Waals surface area (Å²) in [6, 6.07) is 4.59. The highest BCUT2D eigenvalue weighted by atomic mass is 19.1. The Morgan fingerprint density at radius 1 is 1.26 bits per heavy atom. The van der Waals surface area contributed by atoms with Crippen LogP contribution >= 0.6 is 0 Å². The van der Waals surface area contributed by atoms with E-state index in [-0.39, 0.29) is 54.7 Å². The number of hydrogen-bond acceptors (Lipinski definition) is 9. The zero-order chi connectivity index (χ0) is 30.4. The fraction of sp³-hybridized carbons (Fsp3) is 0.400. The van der Waals surface area contributed by atoms with Gasteiger partial charge in [-0.15, -0.1) is 5.10 Å². The largest absolute Gasteiger partial charge is 0.355 e. The quantitative estimate of drug-likeness (QED) is 0.332. The number of aromatic nitrogens is 7. The Bertz CT molecular complexity index is 1860. The number of carbonyl (C=O) groups is 1. The predicted octanol–water partition coefficient (Wildman–Crippen LogP) is 3.01. The van der Waals surface area contributed by atoms with E-state index >= 15 is 4.39 Å². The molecule has 0 radical (unpaired) electrons. The maximum Gasteiger partial charge on any atom is 0.355 e. The molecule has 2 atom stereocenters. The van der Waals surface area contributed by atoms with E-state index < -0.39 is 17.5 Å². The maximum absolute atomic E-state index is 16.0. The molecule has 4 aromatic heterocycles. The van der Waals surface area contributed by atoms with E-state index in [1.807, 2.05) is 31.7 Å². The molecule has 0 N–H and O–H groups in total. The molecule has 0 aliphatic carbocycles. The molecule has 1 amide bonds. The first-order valence-electron chi connectivity index (χ1n) is 14.3. The van der Waals surface area contributed by atoms with E-state index in [0.29, 0.717) is 41.7 Å². The van der Waals surface area contributed by atoms with Crippen LogP contribution in [0.1, 0.15) is 56.5 Å². The Labute approximate surface area is 247 Å². The molecule has 4 aromatic rings. The van der Waals surface area contributed by atoms with Crippen molar-refractivity contribution in [2.24, 2.45) is 0 Å². The Balaban J connectivity index is 1.65. The third-order valence-electron chi connectivity index (χ3n) is 8.19. The van der Waals surface area contributed by atoms with Gasteiger partial charge in [-0.25, -0.2) is 18.7 Å². The van der Waals surface area contributed by atoms with Gasteiger partial charge in [0.05, 0.1) is 47.2 Å². The molecule has 43 heavy (non-hydrogen) atoms. The molecule has 6 heterocycles. The third kappa shape index (κ3) is 4.72. The van der Waals surface area contributed by atoms with Gasteiger partial charge >= 0.3 is 5.69 Å². The average molecular weight is 583 g/mol. The summed E-state index contributed by atoms with van der Waals surface area (Å²) in [5.41, 5.74) is 2.54. The molecule has 6 rings (SSSR count). The standard InChI is InChI=1S/C30H31FN10O2/c1-5-24(42)39-15-18(4)38(16-21(39)9-11-32)27-22-13-23(31)29-35-28(22)40(30(43)36-27)26-19(10-12-33-25(26)17(2)3)7-6-8-20-14-34-37-41(20)29/h5,10,12-14,17-18,21H,1,6-9,15-16H2,2-4H3. The number of nitriles is 1. The zero-order valence-corrected chi connectivity index (χ0v) is 24.2. The van der Waals surface area contributed by atoms with Gasteiger partial charge in [0, 0.05) is 25.3 Å². The van der Waals surface area contributed by atoms with Crippen LogP contribution in [0.15, 0.2) is 42.0 Å². The number of halogens is 1. The minimum atomic E-state index is -0.649. The maximum atomic E-state index is 16.0. The number of pyridine rings is 2. The lowest BCUT2D eigenvalue weighted by Crippen LogP contribution is -2.59. The van der Waals surface area contributed by atoms with Gasteiger partial charge in [-0.2, -0.15) is 14.9 Å². The van der Waals surface area contributed by atoms with Crippen molar-refractivity contribution >= 4 is 22.8 Å². The minimum Gasteiger partial charge on any atom is -0.349 e. The normalized spacial score (nSPS) is 18.2. The first-order valence-corrected chi connectivity index (χ1v) is 14.3. The highest BCUT2D eigenvalue weighted by molar-refractivity contribution is 5.90. The molecule has 2 unspecified atom stereocenters. The molecule has 0 spiro atoms. The van der Waals surface area contributed by atoms with Gasteiger partial charge in [0.2, 0.25) is 5.91 Å². The number of anilines is 1. The first kappa shape index (κ1) is 28.1. The van der Waals surface area contributed by atoms with Crippen LogP contribution in [0.3, 0.4) is 0 Å². The second-order valence-electron chi connectivity index (χ2n) is 11.3. The summed E-state index contributed by atoms with van der Waals surface area (Å²) in [6.07, 6.45) is 6.55. The lowest BCUT2D eigenvalue weighted by Gasteiger charge is -2.45. The summed E-state index contributed by atoms with van der Waals surface area (Å²) in [7, 11) is 0. The highest BCUT2D eigenvalue weighted by Gasteiger charge is 2.36. The average Bonchev–Trinajstić information content (AvgIpc) is 3.44. The minimum absolute atomic E-state index is 0.0245. The number of fused-ring (bicyclic) bond motifs is 5. The second-order valence-corrected chi connectivity index (χ2v) is 11.3. The number of nitrogens with zero attached hydrogens (tertiary/aromatic N) is 10. The van der Waals surface area contributed by atoms with Gasteiger partial charge in [-0.05, 0) is 55.9 Å². The van der Waals surface area contributed by atoms with Crippen LogP contribution < -0.4 is 10.6 Å². The van der Waals surface area contributed by atoms with Crippen molar-refractivity contribution in [1.82, 2.24) is 39.4 Å². The summed E-state index contributed by atoms with van der Waals surface area (Å²) in [5.74, 6) is -0.787. The molecule has 1 fully saturated rings. The Hall–Kier alpha value is -4.99. The van der Waals surface area contributed by atoms with Crippen LogP contribution in [0.5, 0.6) is 0 Å². The van der Waals surface area contributed by atoms with Crippen LogP contribution in [-0.4, -0.2) is 70.5 Å². The Kier molecular flexibility index (Phi) is 7.21. The molecule has 2 aliphatic heterocycles. The molecular weight excluding hydrogens is 551 g/mol. The fourth-order valence-corrected chi connectivity index (χ4v) is 6.13. The third-order valence-corrected chi connectivity index (χ3v) is 8.19. The van der Waals surface area contributed by atoms with Gasteiger partial charge in [0.25, 0.3) is 0 Å². The number of aryl methyl sites for hydroxylation is 2. The lowest BCUT2D eigenvalue weighted by atomic mass is 10.00. The van der Waals surface area contributed by atoms with Crippen LogP contribution in [0.4, 0.5) is 10.2 Å². The number of piperazine rings is 1. The van der Waals surface area contributed by atoms with Crippen molar-refractivity contribution in [3.8, 4) is 17.6 Å². The first-order chi connectivity index (χ1) is 20.7. The molecule has 2 aliphatic rings. The van der Waals surface area contributed by atoms with Crippen LogP contribution in [0, 0.1) is 17.1 Å². The van der Waals surface area contributed by atoms with Gasteiger partial charge < -0.3 is 9.80 Å². The zero-order valence-electron chi connectivity index (χ0n) is 24.2. The number of carbonyl (C=O) groups excluding carboxylic acids is 1.